The van der Waals surface area contributed by atoms with Crippen LogP contribution < -0.4 is 4.74 Å². The summed E-state index contributed by atoms with van der Waals surface area (Å²) < 4.78 is 5.63. The monoisotopic (exact) mass is 284 g/mol. The molecule has 0 heterocycles. The SMILES string of the molecule is CCc1ccccc1C[C@@H](Oc1ccc(C)cc1)C(=O)O. The summed E-state index contributed by atoms with van der Waals surface area (Å²) in [5, 5.41) is 9.39. The zero-order chi connectivity index (χ0) is 15.2. The van der Waals surface area contributed by atoms with Crippen molar-refractivity contribution in [1.82, 2.24) is 0 Å². The van der Waals surface area contributed by atoms with Crippen LogP contribution in [0.3, 0.4) is 0 Å². The predicted molar refractivity (Wildman–Crippen MR) is 82.8 cm³/mol. The number of aryl methyl sites for hydroxylation is 2. The highest BCUT2D eigenvalue weighted by molar-refractivity contribution is 5.73. The number of carbonyl (C=O) groups is 1. The minimum Gasteiger partial charge on any atom is -0.478 e. The molecule has 0 fully saturated rings. The van der Waals surface area contributed by atoms with Crippen molar-refractivity contribution in [1.29, 1.82) is 0 Å². The van der Waals surface area contributed by atoms with Gasteiger partial charge in [0, 0.05) is 6.42 Å². The maximum absolute atomic E-state index is 11.4. The highest BCUT2D eigenvalue weighted by Crippen LogP contribution is 2.18. The molecule has 2 aromatic carbocycles. The van der Waals surface area contributed by atoms with Crippen LogP contribution in [0.4, 0.5) is 0 Å². The molecule has 0 aliphatic rings. The highest BCUT2D eigenvalue weighted by Gasteiger charge is 2.21. The summed E-state index contributed by atoms with van der Waals surface area (Å²) in [5.41, 5.74) is 3.31. The first-order chi connectivity index (χ1) is 10.1. The average molecular weight is 284 g/mol. The van der Waals surface area contributed by atoms with Crippen LogP contribution in [0.25, 0.3) is 0 Å². The van der Waals surface area contributed by atoms with Gasteiger partial charge in [0.15, 0.2) is 6.10 Å². The number of carboxylic acid groups (broad SMARTS) is 1. The van der Waals surface area contributed by atoms with Crippen LogP contribution in [-0.4, -0.2) is 17.2 Å². The first-order valence-corrected chi connectivity index (χ1v) is 7.13. The second-order valence-electron chi connectivity index (χ2n) is 5.08. The van der Waals surface area contributed by atoms with E-state index >= 15 is 0 Å². The maximum atomic E-state index is 11.4. The summed E-state index contributed by atoms with van der Waals surface area (Å²) in [6, 6.07) is 15.3. The van der Waals surface area contributed by atoms with Gasteiger partial charge in [-0.2, -0.15) is 0 Å². The molecule has 0 saturated carbocycles. The number of hydrogen-bond acceptors (Lipinski definition) is 2. The Morgan fingerprint density at radius 2 is 1.71 bits per heavy atom. The van der Waals surface area contributed by atoms with Gasteiger partial charge >= 0.3 is 5.97 Å². The lowest BCUT2D eigenvalue weighted by Gasteiger charge is -2.17. The molecule has 1 N–H and O–H groups in total. The van der Waals surface area contributed by atoms with Crippen molar-refractivity contribution in [2.45, 2.75) is 32.8 Å². The summed E-state index contributed by atoms with van der Waals surface area (Å²) in [7, 11) is 0. The highest BCUT2D eigenvalue weighted by atomic mass is 16.5. The number of rotatable bonds is 6. The second-order valence-corrected chi connectivity index (χ2v) is 5.08. The van der Waals surface area contributed by atoms with Gasteiger partial charge < -0.3 is 9.84 Å². The molecular weight excluding hydrogens is 264 g/mol. The van der Waals surface area contributed by atoms with E-state index in [4.69, 9.17) is 4.74 Å². The molecule has 2 aromatic rings. The third-order valence-corrected chi connectivity index (χ3v) is 3.48. The van der Waals surface area contributed by atoms with Gasteiger partial charge in [-0.05, 0) is 36.6 Å². The largest absolute Gasteiger partial charge is 0.478 e. The lowest BCUT2D eigenvalue weighted by molar-refractivity contribution is -0.145. The van der Waals surface area contributed by atoms with E-state index in [1.807, 2.05) is 43.3 Å². The molecule has 2 rings (SSSR count). The number of ether oxygens (including phenoxy) is 1. The molecule has 3 heteroatoms. The molecule has 0 amide bonds. The summed E-state index contributed by atoms with van der Waals surface area (Å²) in [6.45, 7) is 4.05. The zero-order valence-electron chi connectivity index (χ0n) is 12.4. The average Bonchev–Trinajstić information content (AvgIpc) is 2.49. The Morgan fingerprint density at radius 1 is 1.10 bits per heavy atom. The number of aliphatic carboxylic acids is 1. The fraction of sp³-hybridized carbons (Fsp3) is 0.278. The summed E-state index contributed by atoms with van der Waals surface area (Å²) in [6.07, 6.45) is 0.376. The van der Waals surface area contributed by atoms with Crippen molar-refractivity contribution in [3.8, 4) is 5.75 Å². The maximum Gasteiger partial charge on any atom is 0.345 e. The number of benzene rings is 2. The number of hydrogen-bond donors (Lipinski definition) is 1. The van der Waals surface area contributed by atoms with E-state index in [2.05, 4.69) is 6.92 Å². The molecule has 0 radical (unpaired) electrons. The van der Waals surface area contributed by atoms with Crippen molar-refractivity contribution >= 4 is 5.97 Å². The Labute approximate surface area is 125 Å². The van der Waals surface area contributed by atoms with Gasteiger partial charge in [-0.25, -0.2) is 4.79 Å². The minimum absolute atomic E-state index is 0.368. The zero-order valence-corrected chi connectivity index (χ0v) is 12.4. The van der Waals surface area contributed by atoms with Crippen molar-refractivity contribution in [2.24, 2.45) is 0 Å². The van der Waals surface area contributed by atoms with Crippen LogP contribution in [0.15, 0.2) is 48.5 Å². The van der Waals surface area contributed by atoms with Crippen LogP contribution >= 0.6 is 0 Å². The van der Waals surface area contributed by atoms with E-state index in [-0.39, 0.29) is 0 Å². The van der Waals surface area contributed by atoms with Gasteiger partial charge in [0.25, 0.3) is 0 Å². The van der Waals surface area contributed by atoms with Crippen molar-refractivity contribution < 1.29 is 14.6 Å². The van der Waals surface area contributed by atoms with Crippen molar-refractivity contribution in [2.75, 3.05) is 0 Å². The van der Waals surface area contributed by atoms with Crippen LogP contribution in [0.1, 0.15) is 23.6 Å². The Hall–Kier alpha value is -2.29. The van der Waals surface area contributed by atoms with E-state index in [9.17, 15) is 9.90 Å². The van der Waals surface area contributed by atoms with Crippen molar-refractivity contribution in [3.63, 3.8) is 0 Å². The summed E-state index contributed by atoms with van der Waals surface area (Å²) >= 11 is 0. The lowest BCUT2D eigenvalue weighted by atomic mass is 10.00. The Bertz CT molecular complexity index is 602. The topological polar surface area (TPSA) is 46.5 Å². The van der Waals surface area contributed by atoms with Crippen LogP contribution in [0, 0.1) is 6.92 Å². The molecule has 0 saturated heterocycles. The normalized spacial score (nSPS) is 11.9. The van der Waals surface area contributed by atoms with E-state index in [1.165, 1.54) is 0 Å². The second kappa shape index (κ2) is 6.93. The molecule has 110 valence electrons. The van der Waals surface area contributed by atoms with E-state index in [1.54, 1.807) is 12.1 Å². The molecule has 21 heavy (non-hydrogen) atoms. The molecule has 3 nitrogen and oxygen atoms in total. The van der Waals surface area contributed by atoms with Gasteiger partial charge in [-0.1, -0.05) is 48.9 Å². The first kappa shape index (κ1) is 15.1. The Balaban J connectivity index is 2.16. The van der Waals surface area contributed by atoms with Gasteiger partial charge in [0.2, 0.25) is 0 Å². The fourth-order valence-corrected chi connectivity index (χ4v) is 2.26. The van der Waals surface area contributed by atoms with Gasteiger partial charge in [-0.15, -0.1) is 0 Å². The van der Waals surface area contributed by atoms with Crippen LogP contribution in [0.2, 0.25) is 0 Å². The third kappa shape index (κ3) is 4.09. The fourth-order valence-electron chi connectivity index (χ4n) is 2.26. The van der Waals surface area contributed by atoms with Crippen LogP contribution in [0.5, 0.6) is 5.75 Å². The molecule has 0 bridgehead atoms. The molecule has 0 aromatic heterocycles. The van der Waals surface area contributed by atoms with E-state index < -0.39 is 12.1 Å². The smallest absolute Gasteiger partial charge is 0.345 e. The van der Waals surface area contributed by atoms with Crippen LogP contribution in [-0.2, 0) is 17.6 Å². The first-order valence-electron chi connectivity index (χ1n) is 7.13. The minimum atomic E-state index is -0.943. The van der Waals surface area contributed by atoms with Crippen molar-refractivity contribution in [3.05, 3.63) is 65.2 Å². The molecule has 1 atom stereocenters. The Morgan fingerprint density at radius 3 is 2.29 bits per heavy atom. The molecule has 0 aliphatic carbocycles. The number of carboxylic acids is 1. The molecule has 0 spiro atoms. The van der Waals surface area contributed by atoms with Gasteiger partial charge in [0.05, 0.1) is 0 Å². The summed E-state index contributed by atoms with van der Waals surface area (Å²) in [4.78, 5) is 11.4. The molecular formula is C18H20O3. The lowest BCUT2D eigenvalue weighted by Crippen LogP contribution is -2.29. The molecule has 0 unspecified atom stereocenters. The Kier molecular flexibility index (Phi) is 4.99. The third-order valence-electron chi connectivity index (χ3n) is 3.48. The predicted octanol–water partition coefficient (Wildman–Crippen LogP) is 3.63. The standard InChI is InChI=1S/C18H20O3/c1-3-14-6-4-5-7-15(14)12-17(18(19)20)21-16-10-8-13(2)9-11-16/h4-11,17H,3,12H2,1-2H3,(H,19,20)/t17-/m1/s1. The molecule has 0 aliphatic heterocycles. The van der Waals surface area contributed by atoms with Gasteiger partial charge in [0.1, 0.15) is 5.75 Å². The van der Waals surface area contributed by atoms with Gasteiger partial charge in [-0.3, -0.25) is 0 Å². The van der Waals surface area contributed by atoms with E-state index in [0.29, 0.717) is 12.2 Å². The quantitative estimate of drug-likeness (QED) is 0.881. The van der Waals surface area contributed by atoms with E-state index in [0.717, 1.165) is 23.1 Å². The summed E-state index contributed by atoms with van der Waals surface area (Å²) in [5.74, 6) is -0.358.